The van der Waals surface area contributed by atoms with E-state index in [1.54, 1.807) is 0 Å². The number of hydrogen-bond acceptors (Lipinski definition) is 2. The molecule has 58 valence electrons. The SMILES string of the molecule is CC1CN[C@@H]2CCC[C@H]2O1. The highest BCUT2D eigenvalue weighted by Crippen LogP contribution is 2.25. The van der Waals surface area contributed by atoms with E-state index in [9.17, 15) is 0 Å². The van der Waals surface area contributed by atoms with Crippen molar-refractivity contribution in [2.24, 2.45) is 0 Å². The second-order valence-corrected chi connectivity index (χ2v) is 3.43. The first-order chi connectivity index (χ1) is 4.86. The van der Waals surface area contributed by atoms with Crippen LogP contribution >= 0.6 is 0 Å². The summed E-state index contributed by atoms with van der Waals surface area (Å²) in [7, 11) is 0. The molecule has 1 unspecified atom stereocenters. The van der Waals surface area contributed by atoms with Crippen LogP contribution in [-0.2, 0) is 4.74 Å². The van der Waals surface area contributed by atoms with Crippen LogP contribution in [-0.4, -0.2) is 24.8 Å². The lowest BCUT2D eigenvalue weighted by atomic mass is 10.1. The van der Waals surface area contributed by atoms with Gasteiger partial charge in [0.15, 0.2) is 0 Å². The fourth-order valence-corrected chi connectivity index (χ4v) is 1.99. The van der Waals surface area contributed by atoms with Crippen LogP contribution in [0.4, 0.5) is 0 Å². The summed E-state index contributed by atoms with van der Waals surface area (Å²) in [4.78, 5) is 0. The van der Waals surface area contributed by atoms with Crippen molar-refractivity contribution in [3.8, 4) is 0 Å². The third-order valence-electron chi connectivity index (χ3n) is 2.53. The van der Waals surface area contributed by atoms with Crippen molar-refractivity contribution in [3.63, 3.8) is 0 Å². The van der Waals surface area contributed by atoms with E-state index in [0.29, 0.717) is 18.2 Å². The van der Waals surface area contributed by atoms with E-state index in [0.717, 1.165) is 6.54 Å². The van der Waals surface area contributed by atoms with Crippen LogP contribution in [0, 0.1) is 0 Å². The van der Waals surface area contributed by atoms with Crippen molar-refractivity contribution in [3.05, 3.63) is 0 Å². The zero-order chi connectivity index (χ0) is 6.97. The summed E-state index contributed by atoms with van der Waals surface area (Å²) in [5.41, 5.74) is 0. The fourth-order valence-electron chi connectivity index (χ4n) is 1.99. The van der Waals surface area contributed by atoms with E-state index in [1.807, 2.05) is 0 Å². The van der Waals surface area contributed by atoms with Gasteiger partial charge in [0, 0.05) is 12.6 Å². The van der Waals surface area contributed by atoms with Gasteiger partial charge in [-0.25, -0.2) is 0 Å². The summed E-state index contributed by atoms with van der Waals surface area (Å²) in [6.45, 7) is 3.18. The molecule has 1 saturated carbocycles. The molecule has 0 aromatic carbocycles. The van der Waals surface area contributed by atoms with Crippen molar-refractivity contribution in [2.75, 3.05) is 6.54 Å². The molecule has 0 spiro atoms. The van der Waals surface area contributed by atoms with Gasteiger partial charge in [0.25, 0.3) is 0 Å². The highest BCUT2D eigenvalue weighted by molar-refractivity contribution is 4.88. The van der Waals surface area contributed by atoms with Crippen molar-refractivity contribution < 1.29 is 4.74 Å². The number of rotatable bonds is 0. The number of ether oxygens (including phenoxy) is 1. The lowest BCUT2D eigenvalue weighted by Crippen LogP contribution is -2.48. The van der Waals surface area contributed by atoms with Gasteiger partial charge in [0.2, 0.25) is 0 Å². The highest BCUT2D eigenvalue weighted by Gasteiger charge is 2.32. The first kappa shape index (κ1) is 6.62. The number of morpholine rings is 1. The van der Waals surface area contributed by atoms with E-state index >= 15 is 0 Å². The Morgan fingerprint density at radius 3 is 3.20 bits per heavy atom. The lowest BCUT2D eigenvalue weighted by Gasteiger charge is -2.31. The van der Waals surface area contributed by atoms with Gasteiger partial charge in [-0.05, 0) is 26.2 Å². The first-order valence-corrected chi connectivity index (χ1v) is 4.25. The van der Waals surface area contributed by atoms with Crippen molar-refractivity contribution in [1.82, 2.24) is 5.32 Å². The standard InChI is InChI=1S/C8H15NO/c1-6-5-9-7-3-2-4-8(7)10-6/h6-9H,2-5H2,1H3/t6?,7-,8-/m1/s1. The Morgan fingerprint density at radius 1 is 1.40 bits per heavy atom. The van der Waals surface area contributed by atoms with Gasteiger partial charge in [-0.15, -0.1) is 0 Å². The van der Waals surface area contributed by atoms with Gasteiger partial charge in [-0.2, -0.15) is 0 Å². The molecule has 2 aliphatic rings. The molecule has 2 rings (SSSR count). The normalized spacial score (nSPS) is 47.1. The third-order valence-corrected chi connectivity index (χ3v) is 2.53. The van der Waals surface area contributed by atoms with Crippen LogP contribution in [0.15, 0.2) is 0 Å². The van der Waals surface area contributed by atoms with E-state index in [1.165, 1.54) is 19.3 Å². The average molecular weight is 141 g/mol. The van der Waals surface area contributed by atoms with Gasteiger partial charge in [0.1, 0.15) is 0 Å². The van der Waals surface area contributed by atoms with Crippen LogP contribution in [0.25, 0.3) is 0 Å². The molecule has 2 fully saturated rings. The van der Waals surface area contributed by atoms with Gasteiger partial charge in [-0.3, -0.25) is 0 Å². The number of nitrogens with one attached hydrogen (secondary N) is 1. The monoisotopic (exact) mass is 141 g/mol. The Kier molecular flexibility index (Phi) is 1.66. The molecular formula is C8H15NO. The molecule has 10 heavy (non-hydrogen) atoms. The van der Waals surface area contributed by atoms with Crippen LogP contribution < -0.4 is 5.32 Å². The maximum absolute atomic E-state index is 5.75. The maximum atomic E-state index is 5.75. The van der Waals surface area contributed by atoms with E-state index < -0.39 is 0 Å². The van der Waals surface area contributed by atoms with Gasteiger partial charge >= 0.3 is 0 Å². The minimum Gasteiger partial charge on any atom is -0.372 e. The molecule has 0 aromatic rings. The Hall–Kier alpha value is -0.0800. The van der Waals surface area contributed by atoms with Crippen LogP contribution in [0.1, 0.15) is 26.2 Å². The van der Waals surface area contributed by atoms with E-state index in [2.05, 4.69) is 12.2 Å². The highest BCUT2D eigenvalue weighted by atomic mass is 16.5. The molecule has 1 aliphatic carbocycles. The molecule has 1 saturated heterocycles. The predicted octanol–water partition coefficient (Wildman–Crippen LogP) is 0.916. The average Bonchev–Trinajstić information content (AvgIpc) is 2.33. The summed E-state index contributed by atoms with van der Waals surface area (Å²) in [6.07, 6.45) is 4.89. The van der Waals surface area contributed by atoms with Crippen LogP contribution in [0.5, 0.6) is 0 Å². The predicted molar refractivity (Wildman–Crippen MR) is 40.0 cm³/mol. The van der Waals surface area contributed by atoms with Gasteiger partial charge in [-0.1, -0.05) is 0 Å². The molecule has 0 bridgehead atoms. The smallest absolute Gasteiger partial charge is 0.0732 e. The first-order valence-electron chi connectivity index (χ1n) is 4.25. The molecule has 1 aliphatic heterocycles. The Bertz CT molecular complexity index is 126. The topological polar surface area (TPSA) is 21.3 Å². The molecule has 2 nitrogen and oxygen atoms in total. The van der Waals surface area contributed by atoms with Crippen LogP contribution in [0.2, 0.25) is 0 Å². The molecule has 1 N–H and O–H groups in total. The third kappa shape index (κ3) is 1.06. The zero-order valence-electron chi connectivity index (χ0n) is 6.47. The summed E-state index contributed by atoms with van der Waals surface area (Å²) in [6, 6.07) is 0.677. The minimum absolute atomic E-state index is 0.430. The Balaban J connectivity index is 1.96. The minimum atomic E-state index is 0.430. The van der Waals surface area contributed by atoms with Gasteiger partial charge in [0.05, 0.1) is 12.2 Å². The molecular weight excluding hydrogens is 126 g/mol. The molecule has 0 aromatic heterocycles. The molecule has 1 heterocycles. The Labute approximate surface area is 61.9 Å². The zero-order valence-corrected chi connectivity index (χ0v) is 6.47. The summed E-state index contributed by atoms with van der Waals surface area (Å²) in [5.74, 6) is 0. The molecule has 0 amide bonds. The quantitative estimate of drug-likeness (QED) is 0.541. The van der Waals surface area contributed by atoms with Gasteiger partial charge < -0.3 is 10.1 Å². The maximum Gasteiger partial charge on any atom is 0.0732 e. The number of fused-ring (bicyclic) bond motifs is 1. The summed E-state index contributed by atoms with van der Waals surface area (Å²) < 4.78 is 5.75. The van der Waals surface area contributed by atoms with Crippen LogP contribution in [0.3, 0.4) is 0 Å². The molecule has 3 atom stereocenters. The summed E-state index contributed by atoms with van der Waals surface area (Å²) in [5, 5.41) is 3.51. The molecule has 2 heteroatoms. The van der Waals surface area contributed by atoms with Crippen molar-refractivity contribution in [1.29, 1.82) is 0 Å². The van der Waals surface area contributed by atoms with Crippen molar-refractivity contribution in [2.45, 2.75) is 44.4 Å². The van der Waals surface area contributed by atoms with E-state index in [-0.39, 0.29) is 0 Å². The second kappa shape index (κ2) is 2.51. The second-order valence-electron chi connectivity index (χ2n) is 3.43. The molecule has 0 radical (unpaired) electrons. The largest absolute Gasteiger partial charge is 0.372 e. The summed E-state index contributed by atoms with van der Waals surface area (Å²) >= 11 is 0. The van der Waals surface area contributed by atoms with E-state index in [4.69, 9.17) is 4.74 Å². The van der Waals surface area contributed by atoms with Crippen molar-refractivity contribution >= 4 is 0 Å². The number of hydrogen-bond donors (Lipinski definition) is 1. The Morgan fingerprint density at radius 2 is 2.30 bits per heavy atom. The fraction of sp³-hybridized carbons (Fsp3) is 1.00. The lowest BCUT2D eigenvalue weighted by molar-refractivity contribution is -0.0414.